The number of para-hydroxylation sites is 1. The molecule has 0 aliphatic heterocycles. The Morgan fingerprint density at radius 2 is 1.86 bits per heavy atom. The van der Waals surface area contributed by atoms with E-state index in [1.165, 1.54) is 27.5 Å². The average Bonchev–Trinajstić information content (AvgIpc) is 3.06. The van der Waals surface area contributed by atoms with E-state index in [1.807, 2.05) is 12.1 Å². The third-order valence-electron chi connectivity index (χ3n) is 4.82. The molecule has 1 aliphatic rings. The van der Waals surface area contributed by atoms with Gasteiger partial charge in [0, 0.05) is 21.9 Å². The lowest BCUT2D eigenvalue weighted by atomic mass is 9.80. The lowest BCUT2D eigenvalue weighted by Crippen LogP contribution is -2.29. The van der Waals surface area contributed by atoms with Gasteiger partial charge < -0.3 is 14.4 Å². The molecule has 2 heterocycles. The zero-order valence-electron chi connectivity index (χ0n) is 12.0. The molecule has 3 nitrogen and oxygen atoms in total. The van der Waals surface area contributed by atoms with E-state index in [4.69, 9.17) is 0 Å². The van der Waals surface area contributed by atoms with Crippen LogP contribution >= 0.6 is 0 Å². The van der Waals surface area contributed by atoms with Crippen molar-refractivity contribution in [2.45, 2.75) is 12.8 Å². The summed E-state index contributed by atoms with van der Waals surface area (Å²) in [6, 6.07) is 12.1. The fraction of sp³-hybridized carbons (Fsp3) is 0.111. The van der Waals surface area contributed by atoms with Gasteiger partial charge in [-0.2, -0.15) is 0 Å². The Bertz CT molecular complexity index is 1060. The molecule has 0 fully saturated rings. The van der Waals surface area contributed by atoms with Gasteiger partial charge in [0.05, 0.1) is 11.0 Å². The second-order valence-corrected chi connectivity index (χ2v) is 5.99. The van der Waals surface area contributed by atoms with Crippen LogP contribution in [0.1, 0.15) is 17.7 Å². The first-order valence-corrected chi connectivity index (χ1v) is 7.59. The van der Waals surface area contributed by atoms with Crippen LogP contribution in [0.4, 0.5) is 0 Å². The standard InChI is InChI=1S/C18H14BNO2/c21-19(22)11-8-9-17-15(10-11)14-6-3-5-13-12-4-1-2-7-16(12)20(17)18(13)14/h2-3,5-10,21-22H,1,4H2. The van der Waals surface area contributed by atoms with Gasteiger partial charge in [-0.05, 0) is 36.0 Å². The van der Waals surface area contributed by atoms with Gasteiger partial charge in [0.25, 0.3) is 0 Å². The second-order valence-electron chi connectivity index (χ2n) is 5.99. The van der Waals surface area contributed by atoms with Crippen molar-refractivity contribution in [2.75, 3.05) is 0 Å². The molecule has 0 atom stereocenters. The van der Waals surface area contributed by atoms with Crippen LogP contribution in [0.15, 0.2) is 42.5 Å². The molecule has 4 heteroatoms. The smallest absolute Gasteiger partial charge is 0.423 e. The van der Waals surface area contributed by atoms with Gasteiger partial charge in [-0.15, -0.1) is 0 Å². The first kappa shape index (κ1) is 12.3. The van der Waals surface area contributed by atoms with Gasteiger partial charge in [0.1, 0.15) is 0 Å². The van der Waals surface area contributed by atoms with Gasteiger partial charge in [-0.25, -0.2) is 0 Å². The van der Waals surface area contributed by atoms with E-state index < -0.39 is 7.12 Å². The fourth-order valence-corrected chi connectivity index (χ4v) is 3.87. The SMILES string of the molecule is OB(O)c1ccc2c(c1)c1cccc3c4c(n2c31)C=CCC4. The van der Waals surface area contributed by atoms with E-state index in [0.717, 1.165) is 23.7 Å². The summed E-state index contributed by atoms with van der Waals surface area (Å²) in [7, 11) is -1.43. The molecule has 22 heavy (non-hydrogen) atoms. The lowest BCUT2D eigenvalue weighted by molar-refractivity contribution is 0.426. The molecule has 2 aromatic heterocycles. The molecule has 0 saturated carbocycles. The molecule has 106 valence electrons. The van der Waals surface area contributed by atoms with Gasteiger partial charge in [0.2, 0.25) is 0 Å². The minimum Gasteiger partial charge on any atom is -0.423 e. The molecular weight excluding hydrogens is 273 g/mol. The monoisotopic (exact) mass is 287 g/mol. The molecule has 1 aliphatic carbocycles. The topological polar surface area (TPSA) is 44.9 Å². The normalized spacial score (nSPS) is 14.3. The first-order valence-electron chi connectivity index (χ1n) is 7.59. The van der Waals surface area contributed by atoms with Crippen molar-refractivity contribution in [3.8, 4) is 0 Å². The van der Waals surface area contributed by atoms with Crippen LogP contribution in [0.2, 0.25) is 0 Å². The summed E-state index contributed by atoms with van der Waals surface area (Å²) in [4.78, 5) is 0. The summed E-state index contributed by atoms with van der Waals surface area (Å²) in [5, 5.41) is 22.5. The lowest BCUT2D eigenvalue weighted by Gasteiger charge is -2.07. The Morgan fingerprint density at radius 1 is 1.00 bits per heavy atom. The number of hydrogen-bond donors (Lipinski definition) is 2. The highest BCUT2D eigenvalue weighted by molar-refractivity contribution is 6.59. The molecule has 2 aromatic carbocycles. The van der Waals surface area contributed by atoms with E-state index in [2.05, 4.69) is 34.8 Å². The van der Waals surface area contributed by atoms with E-state index in [9.17, 15) is 10.0 Å². The number of nitrogens with zero attached hydrogens (tertiary/aromatic N) is 1. The number of aryl methyl sites for hydroxylation is 1. The van der Waals surface area contributed by atoms with Gasteiger partial charge in [0.15, 0.2) is 0 Å². The van der Waals surface area contributed by atoms with Crippen LogP contribution in [0, 0.1) is 0 Å². The predicted molar refractivity (Wildman–Crippen MR) is 90.8 cm³/mol. The van der Waals surface area contributed by atoms with E-state index >= 15 is 0 Å². The number of hydrogen-bond acceptors (Lipinski definition) is 2. The Balaban J connectivity index is 2.04. The Labute approximate surface area is 127 Å². The maximum Gasteiger partial charge on any atom is 0.488 e. The Kier molecular flexibility index (Phi) is 2.30. The van der Waals surface area contributed by atoms with Crippen LogP contribution in [0.25, 0.3) is 33.3 Å². The molecule has 0 unspecified atom stereocenters. The van der Waals surface area contributed by atoms with Gasteiger partial charge in [-0.1, -0.05) is 36.4 Å². The summed E-state index contributed by atoms with van der Waals surface area (Å²) in [6.07, 6.45) is 6.63. The van der Waals surface area contributed by atoms with Crippen molar-refractivity contribution in [2.24, 2.45) is 0 Å². The zero-order valence-corrected chi connectivity index (χ0v) is 12.0. The first-order chi connectivity index (χ1) is 10.8. The summed E-state index contributed by atoms with van der Waals surface area (Å²) in [5.74, 6) is 0. The minimum atomic E-state index is -1.43. The minimum absolute atomic E-state index is 0.533. The van der Waals surface area contributed by atoms with Gasteiger partial charge in [-0.3, -0.25) is 0 Å². The molecule has 0 bridgehead atoms. The van der Waals surface area contributed by atoms with Crippen LogP contribution in [0.3, 0.4) is 0 Å². The summed E-state index contributed by atoms with van der Waals surface area (Å²) < 4.78 is 2.32. The Morgan fingerprint density at radius 3 is 2.73 bits per heavy atom. The summed E-state index contributed by atoms with van der Waals surface area (Å²) in [6.45, 7) is 0. The molecule has 0 saturated heterocycles. The van der Waals surface area contributed by atoms with Crippen molar-refractivity contribution < 1.29 is 10.0 Å². The second kappa shape index (κ2) is 4.12. The Hall–Kier alpha value is -2.30. The van der Waals surface area contributed by atoms with Crippen molar-refractivity contribution in [3.05, 3.63) is 53.7 Å². The molecule has 0 radical (unpaired) electrons. The predicted octanol–water partition coefficient (Wildman–Crippen LogP) is 2.32. The van der Waals surface area contributed by atoms with Crippen molar-refractivity contribution in [1.82, 2.24) is 4.40 Å². The number of aromatic nitrogens is 1. The van der Waals surface area contributed by atoms with E-state index in [0.29, 0.717) is 5.46 Å². The van der Waals surface area contributed by atoms with Crippen LogP contribution < -0.4 is 5.46 Å². The van der Waals surface area contributed by atoms with Crippen LogP contribution in [-0.4, -0.2) is 21.6 Å². The molecule has 5 rings (SSSR count). The van der Waals surface area contributed by atoms with Crippen LogP contribution in [0.5, 0.6) is 0 Å². The quantitative estimate of drug-likeness (QED) is 0.528. The number of rotatable bonds is 1. The molecule has 0 spiro atoms. The molecule has 0 amide bonds. The van der Waals surface area contributed by atoms with Gasteiger partial charge >= 0.3 is 7.12 Å². The van der Waals surface area contributed by atoms with E-state index in [1.54, 1.807) is 6.07 Å². The third-order valence-corrected chi connectivity index (χ3v) is 4.82. The highest BCUT2D eigenvalue weighted by Crippen LogP contribution is 2.39. The highest BCUT2D eigenvalue weighted by atomic mass is 16.4. The number of allylic oxidation sites excluding steroid dienone is 1. The van der Waals surface area contributed by atoms with Crippen LogP contribution in [-0.2, 0) is 6.42 Å². The highest BCUT2D eigenvalue weighted by Gasteiger charge is 2.22. The van der Waals surface area contributed by atoms with E-state index in [-0.39, 0.29) is 0 Å². The largest absolute Gasteiger partial charge is 0.488 e. The fourth-order valence-electron chi connectivity index (χ4n) is 3.87. The number of benzene rings is 2. The average molecular weight is 287 g/mol. The zero-order chi connectivity index (χ0) is 14.8. The van der Waals surface area contributed by atoms with Crippen molar-refractivity contribution >= 4 is 45.8 Å². The van der Waals surface area contributed by atoms with Crippen molar-refractivity contribution in [3.63, 3.8) is 0 Å². The van der Waals surface area contributed by atoms with Crippen molar-refractivity contribution in [1.29, 1.82) is 0 Å². The summed E-state index contributed by atoms with van der Waals surface area (Å²) >= 11 is 0. The maximum atomic E-state index is 9.45. The molecular formula is C18H14BNO2. The maximum absolute atomic E-state index is 9.45. The molecule has 2 N–H and O–H groups in total. The number of fused-ring (bicyclic) bond motifs is 6. The summed E-state index contributed by atoms with van der Waals surface area (Å²) in [5.41, 5.74) is 5.61. The molecule has 4 aromatic rings. The third kappa shape index (κ3) is 1.39.